The number of halogens is 2. The first-order chi connectivity index (χ1) is 17.0. The molecular formula is C28H31F2N3O2. The Morgan fingerprint density at radius 2 is 2.00 bits per heavy atom. The monoisotopic (exact) mass is 479 g/mol. The van der Waals surface area contributed by atoms with Crippen molar-refractivity contribution >= 4 is 16.8 Å². The molecule has 0 saturated heterocycles. The number of aryl methyl sites for hydroxylation is 1. The number of nitrogens with one attached hydrogen (secondary N) is 3. The maximum Gasteiger partial charge on any atom is 0.251 e. The zero-order chi connectivity index (χ0) is 23.9. The van der Waals surface area contributed by atoms with Gasteiger partial charge in [-0.15, -0.1) is 0 Å². The normalized spacial score (nSPS) is 20.7. The van der Waals surface area contributed by atoms with Crippen molar-refractivity contribution in [3.63, 3.8) is 0 Å². The number of H-pyrrole nitrogens is 1. The molecule has 2 aromatic carbocycles. The first kappa shape index (κ1) is 22.5. The fourth-order valence-electron chi connectivity index (χ4n) is 5.55. The van der Waals surface area contributed by atoms with Gasteiger partial charge in [-0.1, -0.05) is 12.5 Å². The van der Waals surface area contributed by atoms with Gasteiger partial charge < -0.3 is 20.4 Å². The van der Waals surface area contributed by atoms with E-state index in [1.807, 2.05) is 18.2 Å². The molecule has 6 rings (SSSR count). The summed E-state index contributed by atoms with van der Waals surface area (Å²) in [5.41, 5.74) is 2.99. The Bertz CT molecular complexity index is 1250. The molecule has 0 spiro atoms. The largest absolute Gasteiger partial charge is 0.492 e. The number of carbonyl (C=O) groups is 1. The first-order valence-electron chi connectivity index (χ1n) is 12.8. The number of rotatable bonds is 8. The lowest BCUT2D eigenvalue weighted by molar-refractivity contribution is 0.0947. The summed E-state index contributed by atoms with van der Waals surface area (Å²) in [4.78, 5) is 15.8. The van der Waals surface area contributed by atoms with Crippen LogP contribution in [0.25, 0.3) is 10.9 Å². The van der Waals surface area contributed by atoms with E-state index in [1.54, 1.807) is 6.20 Å². The van der Waals surface area contributed by atoms with Crippen LogP contribution in [0.1, 0.15) is 60.0 Å². The highest BCUT2D eigenvalue weighted by molar-refractivity contribution is 5.96. The summed E-state index contributed by atoms with van der Waals surface area (Å²) in [5.74, 6) is 0.268. The van der Waals surface area contributed by atoms with Gasteiger partial charge in [0, 0.05) is 46.9 Å². The fraction of sp³-hybridized carbons (Fsp3) is 0.464. The number of aromatic amines is 1. The van der Waals surface area contributed by atoms with Gasteiger partial charge in [0.15, 0.2) is 0 Å². The molecule has 3 N–H and O–H groups in total. The van der Waals surface area contributed by atoms with Crippen LogP contribution < -0.4 is 15.4 Å². The van der Waals surface area contributed by atoms with Crippen LogP contribution in [0.4, 0.5) is 8.78 Å². The average Bonchev–Trinajstić information content (AvgIpc) is 3.52. The fourth-order valence-corrected chi connectivity index (χ4v) is 5.55. The maximum absolute atomic E-state index is 14.1. The van der Waals surface area contributed by atoms with Gasteiger partial charge in [-0.05, 0) is 74.6 Å². The van der Waals surface area contributed by atoms with Crippen LogP contribution >= 0.6 is 0 Å². The highest BCUT2D eigenvalue weighted by Crippen LogP contribution is 2.34. The standard InChI is InChI=1S/C28H31F2N3O2/c29-18-11-22-17(14-31-27(22)24(30)12-18)7-10-25(16-3-1-4-16)32-20-13-23-21(28(34)33-19-8-9-19)5-2-6-26(23)35-15-20/h2,5-6,11-12,14,16,19-20,25,31-32H,1,3-4,7-10,13,15H2,(H,33,34). The summed E-state index contributed by atoms with van der Waals surface area (Å²) >= 11 is 0. The van der Waals surface area contributed by atoms with Crippen molar-refractivity contribution in [3.05, 3.63) is 64.9 Å². The summed E-state index contributed by atoms with van der Waals surface area (Å²) in [6, 6.07) is 8.76. The van der Waals surface area contributed by atoms with Gasteiger partial charge in [-0.25, -0.2) is 8.78 Å². The van der Waals surface area contributed by atoms with Crippen molar-refractivity contribution in [1.29, 1.82) is 0 Å². The molecule has 3 aliphatic rings. The number of ether oxygens (including phenoxy) is 1. The predicted octanol–water partition coefficient (Wildman–Crippen LogP) is 5.03. The number of aromatic nitrogens is 1. The van der Waals surface area contributed by atoms with E-state index < -0.39 is 11.6 Å². The zero-order valence-corrected chi connectivity index (χ0v) is 19.7. The van der Waals surface area contributed by atoms with E-state index in [9.17, 15) is 13.6 Å². The molecule has 2 saturated carbocycles. The molecule has 35 heavy (non-hydrogen) atoms. The van der Waals surface area contributed by atoms with Crippen molar-refractivity contribution in [2.75, 3.05) is 6.61 Å². The van der Waals surface area contributed by atoms with Crippen LogP contribution in [0.3, 0.4) is 0 Å². The van der Waals surface area contributed by atoms with Crippen LogP contribution in [0.2, 0.25) is 0 Å². The summed E-state index contributed by atoms with van der Waals surface area (Å²) < 4.78 is 34.0. The van der Waals surface area contributed by atoms with Crippen molar-refractivity contribution in [3.8, 4) is 5.75 Å². The molecule has 2 unspecified atom stereocenters. The topological polar surface area (TPSA) is 66.2 Å². The number of carbonyl (C=O) groups excluding carboxylic acids is 1. The Kier molecular flexibility index (Phi) is 5.96. The first-order valence-corrected chi connectivity index (χ1v) is 12.8. The van der Waals surface area contributed by atoms with E-state index in [2.05, 4.69) is 15.6 Å². The molecule has 2 atom stereocenters. The number of fused-ring (bicyclic) bond motifs is 2. The van der Waals surface area contributed by atoms with Gasteiger partial charge in [0.05, 0.1) is 5.52 Å². The third kappa shape index (κ3) is 4.66. The van der Waals surface area contributed by atoms with Gasteiger partial charge in [0.25, 0.3) is 5.91 Å². The Labute approximate surface area is 203 Å². The Morgan fingerprint density at radius 1 is 1.14 bits per heavy atom. The van der Waals surface area contributed by atoms with Gasteiger partial charge in [-0.2, -0.15) is 0 Å². The van der Waals surface area contributed by atoms with E-state index in [0.29, 0.717) is 35.0 Å². The third-order valence-corrected chi connectivity index (χ3v) is 7.87. The van der Waals surface area contributed by atoms with E-state index in [-0.39, 0.29) is 18.0 Å². The van der Waals surface area contributed by atoms with Crippen LogP contribution in [0, 0.1) is 17.6 Å². The van der Waals surface area contributed by atoms with Crippen LogP contribution in [-0.4, -0.2) is 35.6 Å². The second kappa shape index (κ2) is 9.26. The maximum atomic E-state index is 14.1. The zero-order valence-electron chi connectivity index (χ0n) is 19.7. The Balaban J connectivity index is 1.16. The molecule has 1 amide bonds. The van der Waals surface area contributed by atoms with Crippen LogP contribution in [0.15, 0.2) is 36.5 Å². The Morgan fingerprint density at radius 3 is 2.77 bits per heavy atom. The highest BCUT2D eigenvalue weighted by atomic mass is 19.1. The van der Waals surface area contributed by atoms with Crippen LogP contribution in [0.5, 0.6) is 5.75 Å². The summed E-state index contributed by atoms with van der Waals surface area (Å²) in [7, 11) is 0. The summed E-state index contributed by atoms with van der Waals surface area (Å²) in [6.07, 6.45) is 9.88. The number of benzene rings is 2. The van der Waals surface area contributed by atoms with Gasteiger partial charge in [-0.3, -0.25) is 4.79 Å². The van der Waals surface area contributed by atoms with Crippen molar-refractivity contribution in [1.82, 2.24) is 15.6 Å². The third-order valence-electron chi connectivity index (χ3n) is 7.87. The lowest BCUT2D eigenvalue weighted by Crippen LogP contribution is -2.49. The van der Waals surface area contributed by atoms with Crippen molar-refractivity contribution in [2.24, 2.45) is 5.92 Å². The molecule has 1 aromatic heterocycles. The average molecular weight is 480 g/mol. The minimum atomic E-state index is -0.556. The predicted molar refractivity (Wildman–Crippen MR) is 131 cm³/mol. The molecule has 3 aromatic rings. The second-order valence-corrected chi connectivity index (χ2v) is 10.4. The van der Waals surface area contributed by atoms with E-state index in [1.165, 1.54) is 25.3 Å². The molecule has 7 heteroatoms. The van der Waals surface area contributed by atoms with E-state index in [4.69, 9.17) is 4.74 Å². The van der Waals surface area contributed by atoms with E-state index in [0.717, 1.165) is 55.0 Å². The quantitative estimate of drug-likeness (QED) is 0.424. The number of hydrogen-bond acceptors (Lipinski definition) is 3. The van der Waals surface area contributed by atoms with Gasteiger partial charge in [0.1, 0.15) is 24.0 Å². The highest BCUT2D eigenvalue weighted by Gasteiger charge is 2.32. The minimum absolute atomic E-state index is 0.0112. The second-order valence-electron chi connectivity index (χ2n) is 10.4. The summed E-state index contributed by atoms with van der Waals surface area (Å²) in [6.45, 7) is 0.563. The van der Waals surface area contributed by atoms with Crippen molar-refractivity contribution < 1.29 is 18.3 Å². The molecular weight excluding hydrogens is 448 g/mol. The molecule has 184 valence electrons. The smallest absolute Gasteiger partial charge is 0.251 e. The minimum Gasteiger partial charge on any atom is -0.492 e. The molecule has 2 aliphatic carbocycles. The SMILES string of the molecule is O=C(NC1CC1)c1cccc2c1CC(NC(CCc1c[nH]c3c(F)cc(F)cc13)C1CCC1)CO2. The molecule has 2 heterocycles. The molecule has 0 radical (unpaired) electrons. The molecule has 1 aliphatic heterocycles. The summed E-state index contributed by atoms with van der Waals surface area (Å²) in [5, 5.41) is 7.56. The lowest BCUT2D eigenvalue weighted by atomic mass is 9.77. The Hall–Kier alpha value is -2.93. The molecule has 0 bridgehead atoms. The molecule has 5 nitrogen and oxygen atoms in total. The van der Waals surface area contributed by atoms with Gasteiger partial charge in [0.2, 0.25) is 0 Å². The van der Waals surface area contributed by atoms with Crippen LogP contribution in [-0.2, 0) is 12.8 Å². The van der Waals surface area contributed by atoms with E-state index >= 15 is 0 Å². The van der Waals surface area contributed by atoms with Crippen molar-refractivity contribution in [2.45, 2.75) is 69.5 Å². The van der Waals surface area contributed by atoms with Gasteiger partial charge >= 0.3 is 0 Å². The number of hydrogen-bond donors (Lipinski definition) is 3. The lowest BCUT2D eigenvalue weighted by Gasteiger charge is -2.38. The molecule has 2 fully saturated rings. The number of amides is 1.